The van der Waals surface area contributed by atoms with Gasteiger partial charge in [0.15, 0.2) is 5.82 Å². The molecule has 0 aliphatic heterocycles. The summed E-state index contributed by atoms with van der Waals surface area (Å²) in [5.41, 5.74) is 1.57. The van der Waals surface area contributed by atoms with Crippen LogP contribution in [0.4, 0.5) is 11.5 Å². The van der Waals surface area contributed by atoms with Gasteiger partial charge in [0.1, 0.15) is 23.0 Å². The quantitative estimate of drug-likeness (QED) is 0.506. The minimum absolute atomic E-state index is 0.0495. The molecule has 1 atom stereocenters. The fraction of sp³-hybridized carbons (Fsp3) is 0.263. The summed E-state index contributed by atoms with van der Waals surface area (Å²) in [6.07, 6.45) is 1.39. The highest BCUT2D eigenvalue weighted by molar-refractivity contribution is 5.93. The van der Waals surface area contributed by atoms with Crippen LogP contribution in [0.2, 0.25) is 0 Å². The van der Waals surface area contributed by atoms with E-state index in [0.717, 1.165) is 0 Å². The van der Waals surface area contributed by atoms with E-state index in [4.69, 9.17) is 0 Å². The summed E-state index contributed by atoms with van der Waals surface area (Å²) >= 11 is 0. The number of carbonyl (C=O) groups is 1. The fourth-order valence-corrected chi connectivity index (χ4v) is 3.03. The zero-order chi connectivity index (χ0) is 21.1. The van der Waals surface area contributed by atoms with Crippen molar-refractivity contribution in [3.8, 4) is 11.8 Å². The van der Waals surface area contributed by atoms with Gasteiger partial charge in [-0.1, -0.05) is 25.1 Å². The number of anilines is 1. The van der Waals surface area contributed by atoms with Crippen LogP contribution >= 0.6 is 0 Å². The number of aromatic nitrogens is 4. The maximum atomic E-state index is 12.8. The average Bonchev–Trinajstić information content (AvgIpc) is 3.22. The maximum Gasteiger partial charge on any atom is 0.312 e. The predicted octanol–water partition coefficient (Wildman–Crippen LogP) is 2.74. The van der Waals surface area contributed by atoms with Crippen molar-refractivity contribution in [2.75, 3.05) is 5.32 Å². The second-order valence-corrected chi connectivity index (χ2v) is 6.61. The van der Waals surface area contributed by atoms with Crippen LogP contribution in [0.15, 0.2) is 36.5 Å². The number of nitrogens with zero attached hydrogens (tertiary/aromatic N) is 6. The smallest absolute Gasteiger partial charge is 0.309 e. The van der Waals surface area contributed by atoms with Crippen LogP contribution < -0.4 is 5.32 Å². The first-order chi connectivity index (χ1) is 13.8. The number of rotatable bonds is 6. The minimum Gasteiger partial charge on any atom is -0.309 e. The molecule has 0 saturated heterocycles. The largest absolute Gasteiger partial charge is 0.312 e. The molecule has 10 nitrogen and oxygen atoms in total. The number of nitriles is 1. The van der Waals surface area contributed by atoms with Gasteiger partial charge >= 0.3 is 5.69 Å². The number of para-hydroxylation sites is 1. The third-order valence-electron chi connectivity index (χ3n) is 4.55. The summed E-state index contributed by atoms with van der Waals surface area (Å²) in [6.45, 7) is 5.01. The Balaban J connectivity index is 1.83. The molecule has 1 aromatic carbocycles. The summed E-state index contributed by atoms with van der Waals surface area (Å²) in [4.78, 5) is 23.5. The van der Waals surface area contributed by atoms with E-state index in [0.29, 0.717) is 17.1 Å². The second kappa shape index (κ2) is 7.93. The molecule has 1 unspecified atom stereocenters. The first kappa shape index (κ1) is 19.8. The Morgan fingerprint density at radius 1 is 1.34 bits per heavy atom. The summed E-state index contributed by atoms with van der Waals surface area (Å²) in [5.74, 6) is -0.637. The Morgan fingerprint density at radius 2 is 2.03 bits per heavy atom. The van der Waals surface area contributed by atoms with Crippen molar-refractivity contribution in [3.63, 3.8) is 0 Å². The Morgan fingerprint density at radius 3 is 2.62 bits per heavy atom. The van der Waals surface area contributed by atoms with Gasteiger partial charge < -0.3 is 5.32 Å². The van der Waals surface area contributed by atoms with Gasteiger partial charge in [0.2, 0.25) is 5.91 Å². The molecule has 1 amide bonds. The average molecular weight is 393 g/mol. The molecule has 3 aromatic rings. The number of nitro groups is 1. The molecule has 0 saturated carbocycles. The predicted molar refractivity (Wildman–Crippen MR) is 104 cm³/mol. The molecule has 10 heteroatoms. The number of carbonyl (C=O) groups excluding carboxylic acids is 1. The van der Waals surface area contributed by atoms with Gasteiger partial charge in [0.25, 0.3) is 0 Å². The van der Waals surface area contributed by atoms with Crippen LogP contribution in [-0.2, 0) is 11.3 Å². The van der Waals surface area contributed by atoms with Crippen LogP contribution in [-0.4, -0.2) is 30.4 Å². The van der Waals surface area contributed by atoms with Crippen LogP contribution in [0.3, 0.4) is 0 Å². The van der Waals surface area contributed by atoms with Crippen LogP contribution in [0.25, 0.3) is 5.69 Å². The molecular formula is C19H19N7O3. The molecule has 0 radical (unpaired) electrons. The van der Waals surface area contributed by atoms with Crippen molar-refractivity contribution in [2.24, 2.45) is 5.92 Å². The Labute approximate surface area is 166 Å². The van der Waals surface area contributed by atoms with Gasteiger partial charge in [0.05, 0.1) is 29.3 Å². The van der Waals surface area contributed by atoms with E-state index in [1.165, 1.54) is 15.6 Å². The number of hydrogen-bond donors (Lipinski definition) is 1. The highest BCUT2D eigenvalue weighted by Crippen LogP contribution is 2.24. The molecule has 29 heavy (non-hydrogen) atoms. The van der Waals surface area contributed by atoms with Gasteiger partial charge in [0, 0.05) is 0 Å². The SMILES string of the molecule is Cc1nn(CC(C)C(=O)Nc2c(C#N)cnn2-c2ccccc2)c(C)c1[N+](=O)[O-]. The van der Waals surface area contributed by atoms with Crippen molar-refractivity contribution in [3.05, 3.63) is 63.6 Å². The minimum atomic E-state index is -0.557. The number of aryl methyl sites for hydroxylation is 1. The zero-order valence-corrected chi connectivity index (χ0v) is 16.2. The van der Waals surface area contributed by atoms with E-state index < -0.39 is 10.8 Å². The van der Waals surface area contributed by atoms with Gasteiger partial charge in [-0.2, -0.15) is 15.5 Å². The molecule has 2 aromatic heterocycles. The van der Waals surface area contributed by atoms with Crippen LogP contribution in [0.1, 0.15) is 23.9 Å². The summed E-state index contributed by atoms with van der Waals surface area (Å²) in [7, 11) is 0. The lowest BCUT2D eigenvalue weighted by Crippen LogP contribution is -2.26. The van der Waals surface area contributed by atoms with Gasteiger partial charge in [-0.25, -0.2) is 4.68 Å². The maximum absolute atomic E-state index is 12.8. The lowest BCUT2D eigenvalue weighted by Gasteiger charge is -2.14. The first-order valence-electron chi connectivity index (χ1n) is 8.86. The third-order valence-corrected chi connectivity index (χ3v) is 4.55. The second-order valence-electron chi connectivity index (χ2n) is 6.61. The Hall–Kier alpha value is -4.00. The monoisotopic (exact) mass is 393 g/mol. The molecule has 0 aliphatic rings. The summed E-state index contributed by atoms with van der Waals surface area (Å²) in [6, 6.07) is 11.1. The Kier molecular flexibility index (Phi) is 5.40. The number of nitrogens with one attached hydrogen (secondary N) is 1. The van der Waals surface area contributed by atoms with Gasteiger partial charge in [-0.3, -0.25) is 19.6 Å². The molecule has 0 fully saturated rings. The molecule has 148 valence electrons. The fourth-order valence-electron chi connectivity index (χ4n) is 3.03. The molecule has 3 rings (SSSR count). The van der Waals surface area contributed by atoms with Crippen molar-refractivity contribution < 1.29 is 9.72 Å². The van der Waals surface area contributed by atoms with Crippen molar-refractivity contribution in [2.45, 2.75) is 27.3 Å². The molecular weight excluding hydrogens is 374 g/mol. The number of hydrogen-bond acceptors (Lipinski definition) is 6. The van der Waals surface area contributed by atoms with E-state index in [1.807, 2.05) is 36.4 Å². The van der Waals surface area contributed by atoms with Gasteiger partial charge in [-0.05, 0) is 26.0 Å². The highest BCUT2D eigenvalue weighted by atomic mass is 16.6. The van der Waals surface area contributed by atoms with Gasteiger partial charge in [-0.15, -0.1) is 0 Å². The first-order valence-corrected chi connectivity index (χ1v) is 8.86. The summed E-state index contributed by atoms with van der Waals surface area (Å²) in [5, 5.41) is 31.6. The third kappa shape index (κ3) is 3.84. The topological polar surface area (TPSA) is 132 Å². The number of benzene rings is 1. The number of amides is 1. The Bertz CT molecular complexity index is 1110. The lowest BCUT2D eigenvalue weighted by atomic mass is 10.1. The standard InChI is InChI=1S/C19H19N7O3/c1-12(11-24-14(3)17(26(28)29)13(2)23-24)19(27)22-18-15(9-20)10-21-25(18)16-7-5-4-6-8-16/h4-8,10,12H,11H2,1-3H3,(H,22,27). The lowest BCUT2D eigenvalue weighted by molar-refractivity contribution is -0.386. The van der Waals surface area contributed by atoms with E-state index in [2.05, 4.69) is 15.5 Å². The normalized spacial score (nSPS) is 11.7. The zero-order valence-electron chi connectivity index (χ0n) is 16.2. The molecule has 0 bridgehead atoms. The van der Waals surface area contributed by atoms with E-state index in [1.54, 1.807) is 20.8 Å². The highest BCUT2D eigenvalue weighted by Gasteiger charge is 2.25. The van der Waals surface area contributed by atoms with E-state index in [9.17, 15) is 20.2 Å². The summed E-state index contributed by atoms with van der Waals surface area (Å²) < 4.78 is 2.94. The van der Waals surface area contributed by atoms with Crippen LogP contribution in [0, 0.1) is 41.2 Å². The van der Waals surface area contributed by atoms with Crippen molar-refractivity contribution in [1.29, 1.82) is 5.26 Å². The van der Waals surface area contributed by atoms with E-state index >= 15 is 0 Å². The molecule has 1 N–H and O–H groups in total. The molecule has 2 heterocycles. The van der Waals surface area contributed by atoms with E-state index in [-0.39, 0.29) is 29.5 Å². The molecule has 0 spiro atoms. The van der Waals surface area contributed by atoms with Crippen LogP contribution in [0.5, 0.6) is 0 Å². The molecule has 0 aliphatic carbocycles. The van der Waals surface area contributed by atoms with Crippen molar-refractivity contribution in [1.82, 2.24) is 19.6 Å². The van der Waals surface area contributed by atoms with Crippen molar-refractivity contribution >= 4 is 17.4 Å².